The Bertz CT molecular complexity index is 2020. The molecule has 53 heavy (non-hydrogen) atoms. The lowest BCUT2D eigenvalue weighted by Crippen LogP contribution is -2.41. The Morgan fingerprint density at radius 2 is 1.00 bits per heavy atom. The molecular weight excluding hydrogens is 676 g/mol. The van der Waals surface area contributed by atoms with Crippen LogP contribution in [0.1, 0.15) is 44.7 Å². The van der Waals surface area contributed by atoms with Crippen molar-refractivity contribution in [3.8, 4) is 22.3 Å². The molecule has 0 aliphatic carbocycles. The SMILES string of the molecule is CON=C1C[C@@H](C(=O)O)N(C(=O)c2ccc(-c3ccccc3C)cc2)C1.CON=C1C[C@@H](C(=O)OC)N(C(=O)c2ccc(-c3ccccc3C)cc2)C1. The molecule has 0 aromatic heterocycles. The van der Waals surface area contributed by atoms with Crippen molar-refractivity contribution in [3.63, 3.8) is 0 Å². The summed E-state index contributed by atoms with van der Waals surface area (Å²) in [7, 11) is 4.15. The molecule has 2 aliphatic heterocycles. The Balaban J connectivity index is 0.000000204. The highest BCUT2D eigenvalue weighted by Gasteiger charge is 2.40. The molecule has 4 aromatic rings. The number of rotatable bonds is 8. The molecule has 4 aromatic carbocycles. The number of benzene rings is 4. The van der Waals surface area contributed by atoms with Crippen LogP contribution in [0.25, 0.3) is 22.3 Å². The average molecular weight is 719 g/mol. The minimum atomic E-state index is -1.05. The predicted octanol–water partition coefficient (Wildman–Crippen LogP) is 6.02. The van der Waals surface area contributed by atoms with Gasteiger partial charge < -0.3 is 29.3 Å². The van der Waals surface area contributed by atoms with Crippen LogP contribution in [0.15, 0.2) is 107 Å². The third-order valence-electron chi connectivity index (χ3n) is 9.21. The van der Waals surface area contributed by atoms with E-state index >= 15 is 0 Å². The van der Waals surface area contributed by atoms with Gasteiger partial charge in [0.15, 0.2) is 0 Å². The van der Waals surface area contributed by atoms with Crippen LogP contribution in [-0.2, 0) is 24.0 Å². The van der Waals surface area contributed by atoms with Crippen LogP contribution in [0.4, 0.5) is 0 Å². The van der Waals surface area contributed by atoms with Gasteiger partial charge in [0.05, 0.1) is 31.6 Å². The number of carbonyl (C=O) groups is 4. The third kappa shape index (κ3) is 8.78. The van der Waals surface area contributed by atoms with E-state index in [9.17, 15) is 24.3 Å². The summed E-state index contributed by atoms with van der Waals surface area (Å²) in [4.78, 5) is 61.6. The van der Waals surface area contributed by atoms with E-state index in [1.165, 1.54) is 36.7 Å². The molecule has 0 bridgehead atoms. The van der Waals surface area contributed by atoms with Gasteiger partial charge in [-0.15, -0.1) is 0 Å². The normalized spacial score (nSPS) is 18.0. The van der Waals surface area contributed by atoms with Crippen molar-refractivity contribution in [1.82, 2.24) is 9.80 Å². The van der Waals surface area contributed by atoms with Crippen molar-refractivity contribution in [1.29, 1.82) is 0 Å². The second-order valence-electron chi connectivity index (χ2n) is 12.6. The van der Waals surface area contributed by atoms with E-state index in [1.807, 2.05) is 73.7 Å². The number of esters is 1. The number of oxime groups is 2. The van der Waals surface area contributed by atoms with Crippen molar-refractivity contribution < 1.29 is 38.7 Å². The average Bonchev–Trinajstić information content (AvgIpc) is 3.80. The molecule has 2 fully saturated rings. The Morgan fingerprint density at radius 3 is 1.38 bits per heavy atom. The number of aliphatic carboxylic acids is 1. The fourth-order valence-electron chi connectivity index (χ4n) is 6.50. The van der Waals surface area contributed by atoms with Crippen molar-refractivity contribution in [2.75, 3.05) is 34.4 Å². The predicted molar refractivity (Wildman–Crippen MR) is 201 cm³/mol. The lowest BCUT2D eigenvalue weighted by atomic mass is 9.99. The molecule has 12 heteroatoms. The molecule has 2 amide bonds. The number of aryl methyl sites for hydroxylation is 2. The number of likely N-dealkylation sites (tertiary alicyclic amines) is 2. The van der Waals surface area contributed by atoms with Crippen LogP contribution in [0.3, 0.4) is 0 Å². The van der Waals surface area contributed by atoms with Gasteiger partial charge in [0.1, 0.15) is 26.3 Å². The van der Waals surface area contributed by atoms with Gasteiger partial charge in [-0.1, -0.05) is 83.1 Å². The number of amides is 2. The van der Waals surface area contributed by atoms with Crippen LogP contribution < -0.4 is 0 Å². The number of carbonyl (C=O) groups excluding carboxylic acids is 3. The number of nitrogens with zero attached hydrogens (tertiary/aromatic N) is 4. The number of ether oxygens (including phenoxy) is 1. The molecular formula is C41H42N4O8. The number of carboxylic acids is 1. The van der Waals surface area contributed by atoms with Gasteiger partial charge in [-0.2, -0.15) is 0 Å². The van der Waals surface area contributed by atoms with Crippen molar-refractivity contribution in [3.05, 3.63) is 119 Å². The minimum absolute atomic E-state index is 0.156. The maximum absolute atomic E-state index is 13.0. The second-order valence-corrected chi connectivity index (χ2v) is 12.6. The van der Waals surface area contributed by atoms with Gasteiger partial charge in [-0.25, -0.2) is 9.59 Å². The van der Waals surface area contributed by atoms with E-state index in [4.69, 9.17) is 14.4 Å². The lowest BCUT2D eigenvalue weighted by Gasteiger charge is -2.22. The Labute approximate surface area is 308 Å². The highest BCUT2D eigenvalue weighted by molar-refractivity contribution is 6.05. The molecule has 2 aliphatic rings. The van der Waals surface area contributed by atoms with Gasteiger partial charge >= 0.3 is 11.9 Å². The summed E-state index contributed by atoms with van der Waals surface area (Å²) < 4.78 is 4.84. The minimum Gasteiger partial charge on any atom is -0.480 e. The summed E-state index contributed by atoms with van der Waals surface area (Å²) in [5.74, 6) is -2.06. The monoisotopic (exact) mass is 718 g/mol. The molecule has 1 N–H and O–H groups in total. The standard InChI is InChI=1S/C21H22N2O4.C20H20N2O4/c1-14-6-4-5-7-18(14)15-8-10-16(11-9-15)20(24)23-13-17(22-27-3)12-19(23)21(25)26-2;1-13-5-3-4-6-17(13)14-7-9-15(10-8-14)19(23)22-12-16(21-26-2)11-18(22)20(24)25/h4-11,19H,12-13H2,1-3H3;3-10,18H,11-12H2,1-2H3,(H,24,25)/t19-;18-/m00/s1. The molecule has 0 radical (unpaired) electrons. The van der Waals surface area contributed by atoms with E-state index in [2.05, 4.69) is 23.3 Å². The van der Waals surface area contributed by atoms with Crippen LogP contribution in [0, 0.1) is 13.8 Å². The largest absolute Gasteiger partial charge is 0.480 e. The molecule has 2 saturated heterocycles. The van der Waals surface area contributed by atoms with E-state index in [1.54, 1.807) is 24.3 Å². The maximum atomic E-state index is 13.0. The molecule has 274 valence electrons. The molecule has 6 rings (SSSR count). The van der Waals surface area contributed by atoms with Crippen LogP contribution in [0.5, 0.6) is 0 Å². The smallest absolute Gasteiger partial charge is 0.329 e. The molecule has 2 atom stereocenters. The number of methoxy groups -OCH3 is 1. The zero-order valence-electron chi connectivity index (χ0n) is 30.3. The number of hydrogen-bond acceptors (Lipinski definition) is 9. The molecule has 0 saturated carbocycles. The van der Waals surface area contributed by atoms with Gasteiger partial charge in [-0.05, 0) is 71.5 Å². The first-order valence-electron chi connectivity index (χ1n) is 17.0. The van der Waals surface area contributed by atoms with Gasteiger partial charge in [0, 0.05) is 24.0 Å². The Kier molecular flexibility index (Phi) is 12.4. The molecule has 0 spiro atoms. The molecule has 2 heterocycles. The summed E-state index contributed by atoms with van der Waals surface area (Å²) >= 11 is 0. The van der Waals surface area contributed by atoms with E-state index in [0.717, 1.165) is 27.8 Å². The van der Waals surface area contributed by atoms with Gasteiger partial charge in [0.25, 0.3) is 11.8 Å². The summed E-state index contributed by atoms with van der Waals surface area (Å²) in [6, 6.07) is 29.1. The highest BCUT2D eigenvalue weighted by Crippen LogP contribution is 2.27. The van der Waals surface area contributed by atoms with E-state index in [-0.39, 0.29) is 31.3 Å². The zero-order valence-corrected chi connectivity index (χ0v) is 30.3. The number of carboxylic acid groups (broad SMARTS) is 1. The summed E-state index contributed by atoms with van der Waals surface area (Å²) in [5, 5.41) is 17.1. The summed E-state index contributed by atoms with van der Waals surface area (Å²) in [6.45, 7) is 4.48. The highest BCUT2D eigenvalue weighted by atomic mass is 16.6. The third-order valence-corrected chi connectivity index (χ3v) is 9.21. The van der Waals surface area contributed by atoms with Crippen molar-refractivity contribution in [2.45, 2.75) is 38.8 Å². The summed E-state index contributed by atoms with van der Waals surface area (Å²) in [5.41, 5.74) is 8.74. The van der Waals surface area contributed by atoms with Crippen molar-refractivity contribution >= 4 is 35.2 Å². The zero-order chi connectivity index (χ0) is 38.1. The Hall–Kier alpha value is -6.30. The Morgan fingerprint density at radius 1 is 0.604 bits per heavy atom. The fraction of sp³-hybridized carbons (Fsp3) is 0.268. The van der Waals surface area contributed by atoms with E-state index in [0.29, 0.717) is 29.0 Å². The van der Waals surface area contributed by atoms with Crippen LogP contribution >= 0.6 is 0 Å². The first-order chi connectivity index (χ1) is 25.6. The topological polar surface area (TPSA) is 147 Å². The first kappa shape index (κ1) is 37.9. The fourth-order valence-corrected chi connectivity index (χ4v) is 6.50. The summed E-state index contributed by atoms with van der Waals surface area (Å²) in [6.07, 6.45) is 0.490. The number of hydrogen-bond donors (Lipinski definition) is 1. The quantitative estimate of drug-likeness (QED) is 0.172. The second kappa shape index (κ2) is 17.3. The van der Waals surface area contributed by atoms with Crippen molar-refractivity contribution in [2.24, 2.45) is 10.3 Å². The van der Waals surface area contributed by atoms with E-state index < -0.39 is 24.0 Å². The lowest BCUT2D eigenvalue weighted by molar-refractivity contribution is -0.145. The molecule has 12 nitrogen and oxygen atoms in total. The first-order valence-corrected chi connectivity index (χ1v) is 17.0. The maximum Gasteiger partial charge on any atom is 0.329 e. The molecule has 0 unspecified atom stereocenters. The van der Waals surface area contributed by atoms with Crippen LogP contribution in [0.2, 0.25) is 0 Å². The van der Waals surface area contributed by atoms with Gasteiger partial charge in [0.2, 0.25) is 0 Å². The van der Waals surface area contributed by atoms with Crippen LogP contribution in [-0.4, -0.2) is 96.6 Å². The van der Waals surface area contributed by atoms with Gasteiger partial charge in [-0.3, -0.25) is 9.59 Å².